The van der Waals surface area contributed by atoms with Crippen molar-refractivity contribution >= 4 is 16.0 Å². The quantitative estimate of drug-likeness (QED) is 0.491. The third-order valence-electron chi connectivity index (χ3n) is 4.75. The fourth-order valence-electron chi connectivity index (χ4n) is 3.01. The number of aliphatic imine (C=N–C) groups is 1. The molecule has 1 aliphatic carbocycles. The first-order chi connectivity index (χ1) is 13.1. The summed E-state index contributed by atoms with van der Waals surface area (Å²) in [5.74, 6) is 2.55. The molecule has 3 rings (SSSR count). The number of hydrogen-bond acceptors (Lipinski definition) is 4. The highest BCUT2D eigenvalue weighted by molar-refractivity contribution is 7.89. The van der Waals surface area contributed by atoms with Gasteiger partial charge in [0.05, 0.1) is 18.9 Å². The van der Waals surface area contributed by atoms with Crippen molar-refractivity contribution < 1.29 is 13.2 Å². The van der Waals surface area contributed by atoms with Crippen LogP contribution in [0.2, 0.25) is 0 Å². The van der Waals surface area contributed by atoms with Crippen LogP contribution in [0.25, 0.3) is 0 Å². The maximum absolute atomic E-state index is 11.9. The van der Waals surface area contributed by atoms with Gasteiger partial charge in [0.1, 0.15) is 5.75 Å². The van der Waals surface area contributed by atoms with Gasteiger partial charge in [0.15, 0.2) is 5.96 Å². The Balaban J connectivity index is 1.53. The first-order valence-electron chi connectivity index (χ1n) is 9.79. The number of guanidine groups is 1. The molecule has 1 saturated carbocycles. The molecule has 1 aliphatic heterocycles. The zero-order valence-corrected chi connectivity index (χ0v) is 16.8. The molecule has 1 aromatic rings. The molecule has 2 N–H and O–H groups in total. The van der Waals surface area contributed by atoms with Crippen LogP contribution >= 0.6 is 0 Å². The summed E-state index contributed by atoms with van der Waals surface area (Å²) in [7, 11) is -3.05. The lowest BCUT2D eigenvalue weighted by atomic mass is 10.2. The van der Waals surface area contributed by atoms with Gasteiger partial charge in [-0.15, -0.1) is 0 Å². The molecule has 0 bridgehead atoms. The smallest absolute Gasteiger partial charge is 0.214 e. The Morgan fingerprint density at radius 3 is 2.81 bits per heavy atom. The van der Waals surface area contributed by atoms with Crippen molar-refractivity contribution in [3.63, 3.8) is 0 Å². The summed E-state index contributed by atoms with van der Waals surface area (Å²) in [5.41, 5.74) is 1.05. The molecule has 2 aliphatic rings. The molecule has 7 nitrogen and oxygen atoms in total. The van der Waals surface area contributed by atoms with Gasteiger partial charge in [0, 0.05) is 31.7 Å². The number of rotatable bonds is 9. The van der Waals surface area contributed by atoms with E-state index in [9.17, 15) is 8.42 Å². The molecule has 1 heterocycles. The van der Waals surface area contributed by atoms with Gasteiger partial charge < -0.3 is 15.4 Å². The van der Waals surface area contributed by atoms with Crippen molar-refractivity contribution in [2.24, 2.45) is 10.9 Å². The topological polar surface area (TPSA) is 83.0 Å². The molecule has 0 atom stereocenters. The van der Waals surface area contributed by atoms with E-state index in [0.29, 0.717) is 44.5 Å². The van der Waals surface area contributed by atoms with Crippen molar-refractivity contribution in [1.82, 2.24) is 14.9 Å². The lowest BCUT2D eigenvalue weighted by molar-refractivity contribution is 0.297. The highest BCUT2D eigenvalue weighted by Gasteiger charge is 2.27. The Labute approximate surface area is 162 Å². The first-order valence-corrected chi connectivity index (χ1v) is 11.4. The van der Waals surface area contributed by atoms with Gasteiger partial charge in [-0.1, -0.05) is 18.2 Å². The zero-order chi connectivity index (χ0) is 19.1. The highest BCUT2D eigenvalue weighted by atomic mass is 32.2. The van der Waals surface area contributed by atoms with Crippen LogP contribution in [-0.4, -0.2) is 57.2 Å². The van der Waals surface area contributed by atoms with Gasteiger partial charge in [-0.05, 0) is 38.2 Å². The summed E-state index contributed by atoms with van der Waals surface area (Å²) in [5, 5.41) is 6.44. The van der Waals surface area contributed by atoms with Gasteiger partial charge in [-0.25, -0.2) is 17.7 Å². The zero-order valence-electron chi connectivity index (χ0n) is 16.0. The predicted octanol–water partition coefficient (Wildman–Crippen LogP) is 1.57. The minimum Gasteiger partial charge on any atom is -0.493 e. The molecule has 1 saturated heterocycles. The monoisotopic (exact) mass is 394 g/mol. The molecule has 1 aromatic carbocycles. The van der Waals surface area contributed by atoms with E-state index in [-0.39, 0.29) is 5.75 Å². The molecule has 0 radical (unpaired) electrons. The number of nitrogens with zero attached hydrogens (tertiary/aromatic N) is 2. The molecule has 0 amide bonds. The Bertz CT molecular complexity index is 747. The van der Waals surface area contributed by atoms with E-state index in [1.165, 1.54) is 12.8 Å². The second-order valence-corrected chi connectivity index (χ2v) is 9.14. The summed E-state index contributed by atoms with van der Waals surface area (Å²) in [6.07, 6.45) is 3.25. The average Bonchev–Trinajstić information content (AvgIpc) is 3.42. The Hall–Kier alpha value is -1.80. The molecular formula is C19H30N4O3S. The molecule has 8 heteroatoms. The van der Waals surface area contributed by atoms with Gasteiger partial charge in [0.2, 0.25) is 10.0 Å². The second kappa shape index (κ2) is 9.41. The number of para-hydroxylation sites is 1. The van der Waals surface area contributed by atoms with E-state index in [0.717, 1.165) is 24.5 Å². The lowest BCUT2D eigenvalue weighted by Crippen LogP contribution is -2.42. The van der Waals surface area contributed by atoms with Crippen LogP contribution in [0.5, 0.6) is 5.75 Å². The molecule has 150 valence electrons. The summed E-state index contributed by atoms with van der Waals surface area (Å²) < 4.78 is 31.2. The predicted molar refractivity (Wildman–Crippen MR) is 107 cm³/mol. The Morgan fingerprint density at radius 1 is 1.30 bits per heavy atom. The normalized spacial score (nSPS) is 19.8. The van der Waals surface area contributed by atoms with E-state index in [1.54, 1.807) is 4.31 Å². The van der Waals surface area contributed by atoms with Gasteiger partial charge in [-0.3, -0.25) is 0 Å². The standard InChI is InChI=1S/C19H30N4O3S/c1-2-20-19(21-10-12-23-11-5-13-27(23,24)25)22-14-17-6-3-4-7-18(17)26-15-16-8-9-16/h3-4,6-7,16H,2,5,8-15H2,1H3,(H2,20,21,22). The van der Waals surface area contributed by atoms with Crippen LogP contribution in [0.4, 0.5) is 0 Å². The van der Waals surface area contributed by atoms with Crippen molar-refractivity contribution in [2.45, 2.75) is 32.7 Å². The fraction of sp³-hybridized carbons (Fsp3) is 0.632. The van der Waals surface area contributed by atoms with E-state index in [4.69, 9.17) is 4.74 Å². The van der Waals surface area contributed by atoms with Gasteiger partial charge in [0.25, 0.3) is 0 Å². The van der Waals surface area contributed by atoms with Crippen LogP contribution in [-0.2, 0) is 16.6 Å². The second-order valence-electron chi connectivity index (χ2n) is 7.05. The Kier molecular flexibility index (Phi) is 6.95. The van der Waals surface area contributed by atoms with Gasteiger partial charge in [-0.2, -0.15) is 0 Å². The van der Waals surface area contributed by atoms with E-state index in [1.807, 2.05) is 31.2 Å². The van der Waals surface area contributed by atoms with Crippen molar-refractivity contribution in [3.8, 4) is 5.75 Å². The molecule has 0 aromatic heterocycles. The lowest BCUT2D eigenvalue weighted by Gasteiger charge is -2.16. The number of benzene rings is 1. The van der Waals surface area contributed by atoms with Crippen molar-refractivity contribution in [3.05, 3.63) is 29.8 Å². The summed E-state index contributed by atoms with van der Waals surface area (Å²) in [6.45, 7) is 5.66. The fourth-order valence-corrected chi connectivity index (χ4v) is 4.54. The van der Waals surface area contributed by atoms with Crippen LogP contribution in [0.15, 0.2) is 29.3 Å². The van der Waals surface area contributed by atoms with Crippen molar-refractivity contribution in [1.29, 1.82) is 0 Å². The molecule has 2 fully saturated rings. The maximum Gasteiger partial charge on any atom is 0.214 e. The van der Waals surface area contributed by atoms with E-state index in [2.05, 4.69) is 15.6 Å². The molecule has 0 unspecified atom stereocenters. The van der Waals surface area contributed by atoms with Crippen LogP contribution in [0.3, 0.4) is 0 Å². The maximum atomic E-state index is 11.9. The minimum atomic E-state index is -3.05. The van der Waals surface area contributed by atoms with Crippen LogP contribution in [0.1, 0.15) is 31.7 Å². The summed E-state index contributed by atoms with van der Waals surface area (Å²) >= 11 is 0. The number of ether oxygens (including phenoxy) is 1. The third-order valence-corrected chi connectivity index (χ3v) is 6.71. The Morgan fingerprint density at radius 2 is 2.11 bits per heavy atom. The van der Waals surface area contributed by atoms with Crippen LogP contribution in [0, 0.1) is 5.92 Å². The molecule has 27 heavy (non-hydrogen) atoms. The SMILES string of the molecule is CCNC(=NCc1ccccc1OCC1CC1)NCCN1CCCS1(=O)=O. The summed E-state index contributed by atoms with van der Waals surface area (Å²) in [6, 6.07) is 8.00. The molecular weight excluding hydrogens is 364 g/mol. The average molecular weight is 395 g/mol. The number of hydrogen-bond donors (Lipinski definition) is 2. The molecule has 0 spiro atoms. The van der Waals surface area contributed by atoms with Gasteiger partial charge >= 0.3 is 0 Å². The van der Waals surface area contributed by atoms with Crippen molar-refractivity contribution in [2.75, 3.05) is 38.5 Å². The largest absolute Gasteiger partial charge is 0.493 e. The van der Waals surface area contributed by atoms with E-state index >= 15 is 0 Å². The summed E-state index contributed by atoms with van der Waals surface area (Å²) in [4.78, 5) is 4.63. The van der Waals surface area contributed by atoms with E-state index < -0.39 is 10.0 Å². The third kappa shape index (κ3) is 6.10. The first kappa shape index (κ1) is 19.9. The number of sulfonamides is 1. The van der Waals surface area contributed by atoms with Crippen LogP contribution < -0.4 is 15.4 Å². The minimum absolute atomic E-state index is 0.263. The highest BCUT2D eigenvalue weighted by Crippen LogP contribution is 2.30. The number of nitrogens with one attached hydrogen (secondary N) is 2.